The molecule has 0 bridgehead atoms. The van der Waals surface area contributed by atoms with Gasteiger partial charge in [0.25, 0.3) is 0 Å². The Morgan fingerprint density at radius 1 is 1.50 bits per heavy atom. The van der Waals surface area contributed by atoms with Gasteiger partial charge >= 0.3 is 0 Å². The van der Waals surface area contributed by atoms with Gasteiger partial charge in [-0.1, -0.05) is 0 Å². The Kier molecular flexibility index (Phi) is 5.40. The molecule has 0 aliphatic carbocycles. The van der Waals surface area contributed by atoms with Crippen LogP contribution in [0.2, 0.25) is 0 Å². The van der Waals surface area contributed by atoms with Crippen molar-refractivity contribution in [3.8, 4) is 0 Å². The van der Waals surface area contributed by atoms with Crippen LogP contribution in [-0.4, -0.2) is 24.5 Å². The highest BCUT2D eigenvalue weighted by Crippen LogP contribution is 2.22. The lowest BCUT2D eigenvalue weighted by Crippen LogP contribution is -1.93. The molecule has 0 atom stereocenters. The number of rotatable bonds is 6. The topological polar surface area (TPSA) is 48.1 Å². The third-order valence-corrected chi connectivity index (χ3v) is 2.89. The van der Waals surface area contributed by atoms with E-state index in [2.05, 4.69) is 4.98 Å². The molecular weight excluding hydrogens is 196 g/mol. The molecule has 78 valence electrons. The highest BCUT2D eigenvalue weighted by atomic mass is 32.2. The minimum Gasteiger partial charge on any atom is -0.397 e. The second-order valence-corrected chi connectivity index (χ2v) is 4.03. The Bertz CT molecular complexity index is 268. The van der Waals surface area contributed by atoms with Crippen LogP contribution in [0.3, 0.4) is 0 Å². The minimum atomic E-state index is 0.768. The lowest BCUT2D eigenvalue weighted by Gasteiger charge is -2.03. The van der Waals surface area contributed by atoms with E-state index in [0.29, 0.717) is 0 Å². The van der Waals surface area contributed by atoms with Crippen LogP contribution in [0.15, 0.2) is 23.4 Å². The molecule has 0 unspecified atom stereocenters. The molecule has 1 aromatic heterocycles. The average molecular weight is 212 g/mol. The molecule has 0 aliphatic rings. The monoisotopic (exact) mass is 212 g/mol. The molecule has 14 heavy (non-hydrogen) atoms. The van der Waals surface area contributed by atoms with Gasteiger partial charge in [0, 0.05) is 19.9 Å². The van der Waals surface area contributed by atoms with Gasteiger partial charge in [0.2, 0.25) is 0 Å². The lowest BCUT2D eigenvalue weighted by atomic mass is 10.4. The number of ether oxygens (including phenoxy) is 1. The van der Waals surface area contributed by atoms with Gasteiger partial charge in [0.05, 0.1) is 5.69 Å². The van der Waals surface area contributed by atoms with E-state index in [4.69, 9.17) is 10.5 Å². The number of pyridine rings is 1. The predicted molar refractivity (Wildman–Crippen MR) is 60.5 cm³/mol. The SMILES string of the molecule is COCCCCSc1ncccc1N. The van der Waals surface area contributed by atoms with Crippen molar-refractivity contribution in [2.45, 2.75) is 17.9 Å². The number of unbranched alkanes of at least 4 members (excludes halogenated alkanes) is 1. The van der Waals surface area contributed by atoms with Gasteiger partial charge in [0.1, 0.15) is 5.03 Å². The fraction of sp³-hybridized carbons (Fsp3) is 0.500. The second-order valence-electron chi connectivity index (χ2n) is 2.95. The third-order valence-electron chi connectivity index (χ3n) is 1.78. The maximum Gasteiger partial charge on any atom is 0.119 e. The fourth-order valence-corrected chi connectivity index (χ4v) is 1.95. The molecule has 0 saturated carbocycles. The zero-order valence-corrected chi connectivity index (χ0v) is 9.22. The number of nitrogen functional groups attached to an aromatic ring is 1. The number of aromatic nitrogens is 1. The number of methoxy groups -OCH3 is 1. The standard InChI is InChI=1S/C10H16N2OS/c1-13-7-2-3-8-14-10-9(11)5-4-6-12-10/h4-6H,2-3,7-8,11H2,1H3. The quantitative estimate of drug-likeness (QED) is 0.580. The molecular formula is C10H16N2OS. The molecule has 1 aromatic rings. The molecule has 0 aliphatic heterocycles. The first-order chi connectivity index (χ1) is 6.84. The molecule has 1 rings (SSSR count). The van der Waals surface area contributed by atoms with Gasteiger partial charge in [-0.2, -0.15) is 0 Å². The summed E-state index contributed by atoms with van der Waals surface area (Å²) in [6.07, 6.45) is 4.00. The van der Waals surface area contributed by atoms with E-state index in [1.54, 1.807) is 25.1 Å². The highest BCUT2D eigenvalue weighted by molar-refractivity contribution is 7.99. The van der Waals surface area contributed by atoms with Crippen LogP contribution in [0.25, 0.3) is 0 Å². The zero-order valence-electron chi connectivity index (χ0n) is 8.40. The van der Waals surface area contributed by atoms with E-state index in [-0.39, 0.29) is 0 Å². The van der Waals surface area contributed by atoms with E-state index in [1.165, 1.54) is 0 Å². The maximum absolute atomic E-state index is 5.75. The summed E-state index contributed by atoms with van der Waals surface area (Å²) in [5.41, 5.74) is 6.52. The largest absolute Gasteiger partial charge is 0.397 e. The first-order valence-electron chi connectivity index (χ1n) is 4.67. The molecule has 0 aromatic carbocycles. The van der Waals surface area contributed by atoms with Crippen molar-refractivity contribution in [3.63, 3.8) is 0 Å². The Morgan fingerprint density at radius 2 is 2.36 bits per heavy atom. The van der Waals surface area contributed by atoms with E-state index in [9.17, 15) is 0 Å². The number of hydrogen-bond acceptors (Lipinski definition) is 4. The third kappa shape index (κ3) is 3.98. The number of nitrogens with zero attached hydrogens (tertiary/aromatic N) is 1. The van der Waals surface area contributed by atoms with Crippen LogP contribution in [-0.2, 0) is 4.74 Å². The van der Waals surface area contributed by atoms with Crippen molar-refractivity contribution in [1.29, 1.82) is 0 Å². The van der Waals surface area contributed by atoms with E-state index in [0.717, 1.165) is 35.9 Å². The van der Waals surface area contributed by atoms with Crippen LogP contribution < -0.4 is 5.73 Å². The second kappa shape index (κ2) is 6.68. The van der Waals surface area contributed by atoms with Gasteiger partial charge in [-0.15, -0.1) is 11.8 Å². The smallest absolute Gasteiger partial charge is 0.119 e. The summed E-state index contributed by atoms with van der Waals surface area (Å²) in [6.45, 7) is 0.832. The zero-order chi connectivity index (χ0) is 10.2. The van der Waals surface area contributed by atoms with Gasteiger partial charge in [-0.3, -0.25) is 0 Å². The molecule has 0 radical (unpaired) electrons. The van der Waals surface area contributed by atoms with Crippen molar-refractivity contribution >= 4 is 17.4 Å². The lowest BCUT2D eigenvalue weighted by molar-refractivity contribution is 0.194. The molecule has 1 heterocycles. The molecule has 0 fully saturated rings. The summed E-state index contributed by atoms with van der Waals surface area (Å²) < 4.78 is 4.97. The molecule has 2 N–H and O–H groups in total. The van der Waals surface area contributed by atoms with Crippen LogP contribution in [0.1, 0.15) is 12.8 Å². The summed E-state index contributed by atoms with van der Waals surface area (Å²) in [5, 5.41) is 0.935. The molecule has 4 heteroatoms. The summed E-state index contributed by atoms with van der Waals surface area (Å²) in [7, 11) is 1.73. The molecule has 0 saturated heterocycles. The molecule has 0 amide bonds. The Balaban J connectivity index is 2.21. The van der Waals surface area contributed by atoms with Crippen molar-refractivity contribution in [1.82, 2.24) is 4.98 Å². The summed E-state index contributed by atoms with van der Waals surface area (Å²) in [4.78, 5) is 4.20. The Labute approximate surface area is 89.1 Å². The van der Waals surface area contributed by atoms with Crippen molar-refractivity contribution < 1.29 is 4.74 Å². The van der Waals surface area contributed by atoms with Gasteiger partial charge < -0.3 is 10.5 Å². The number of nitrogens with two attached hydrogens (primary N) is 1. The van der Waals surface area contributed by atoms with E-state index in [1.807, 2.05) is 12.1 Å². The number of thioether (sulfide) groups is 1. The van der Waals surface area contributed by atoms with Gasteiger partial charge in [-0.05, 0) is 30.7 Å². The number of hydrogen-bond donors (Lipinski definition) is 1. The summed E-state index contributed by atoms with van der Waals surface area (Å²) in [5.74, 6) is 1.05. The fourth-order valence-electron chi connectivity index (χ4n) is 1.04. The van der Waals surface area contributed by atoms with E-state index < -0.39 is 0 Å². The van der Waals surface area contributed by atoms with Crippen LogP contribution in [0, 0.1) is 0 Å². The molecule has 0 spiro atoms. The van der Waals surface area contributed by atoms with Gasteiger partial charge in [0.15, 0.2) is 0 Å². The minimum absolute atomic E-state index is 0.768. The Morgan fingerprint density at radius 3 is 3.07 bits per heavy atom. The van der Waals surface area contributed by atoms with Crippen molar-refractivity contribution in [2.24, 2.45) is 0 Å². The highest BCUT2D eigenvalue weighted by Gasteiger charge is 1.99. The first-order valence-corrected chi connectivity index (χ1v) is 5.65. The van der Waals surface area contributed by atoms with E-state index >= 15 is 0 Å². The predicted octanol–water partition coefficient (Wildman–Crippen LogP) is 2.18. The van der Waals surface area contributed by atoms with Crippen molar-refractivity contribution in [3.05, 3.63) is 18.3 Å². The average Bonchev–Trinajstić information content (AvgIpc) is 2.20. The first kappa shape index (κ1) is 11.3. The van der Waals surface area contributed by atoms with Crippen LogP contribution in [0.4, 0.5) is 5.69 Å². The number of anilines is 1. The maximum atomic E-state index is 5.75. The Hall–Kier alpha value is -0.740. The van der Waals surface area contributed by atoms with Gasteiger partial charge in [-0.25, -0.2) is 4.98 Å². The normalized spacial score (nSPS) is 10.4. The molecule has 3 nitrogen and oxygen atoms in total. The van der Waals surface area contributed by atoms with Crippen LogP contribution in [0.5, 0.6) is 0 Å². The summed E-state index contributed by atoms with van der Waals surface area (Å²) in [6, 6.07) is 3.73. The summed E-state index contributed by atoms with van der Waals surface area (Å²) >= 11 is 1.71. The van der Waals surface area contributed by atoms with Crippen molar-refractivity contribution in [2.75, 3.05) is 25.2 Å². The van der Waals surface area contributed by atoms with Crippen LogP contribution >= 0.6 is 11.8 Å².